The molecule has 160 valence electrons. The lowest BCUT2D eigenvalue weighted by Crippen LogP contribution is -2.15. The highest BCUT2D eigenvalue weighted by Gasteiger charge is 2.35. The highest BCUT2D eigenvalue weighted by atomic mass is 14.9. The molecule has 1 aliphatic rings. The number of nitrogens with one attached hydrogen (secondary N) is 1. The molecule has 0 radical (unpaired) electrons. The van der Waals surface area contributed by atoms with Gasteiger partial charge < -0.3 is 0 Å². The molecule has 0 bridgehead atoms. The fraction of sp³-hybridized carbons (Fsp3) is 0.100. The van der Waals surface area contributed by atoms with Crippen molar-refractivity contribution in [1.82, 2.24) is 0 Å². The molecule has 0 atom stereocenters. The summed E-state index contributed by atoms with van der Waals surface area (Å²) in [5, 5.41) is 8.57. The topological polar surface area (TPSA) is 48.6 Å². The van der Waals surface area contributed by atoms with Gasteiger partial charge in [0.2, 0.25) is 0 Å². The van der Waals surface area contributed by atoms with Gasteiger partial charge in [-0.1, -0.05) is 111 Å². The van der Waals surface area contributed by atoms with E-state index >= 15 is 0 Å². The maximum absolute atomic E-state index is 8.57. The Balaban J connectivity index is 1.60. The zero-order valence-electron chi connectivity index (χ0n) is 18.8. The van der Waals surface area contributed by atoms with Crippen LogP contribution in [0, 0.1) is 5.41 Å². The first-order chi connectivity index (χ1) is 16.0. The van der Waals surface area contributed by atoms with Crippen molar-refractivity contribution >= 4 is 17.9 Å². The standard InChI is InChI=1S/C30H25N3/c1-30(2)26-16-10-9-15-24(26)25-18-17-23(19-27(25)30)29(32-20-21-11-5-3-6-12-21)33-28(31)22-13-7-4-8-14-22/h3-20,31H,1-2H3. The highest BCUT2D eigenvalue weighted by Crippen LogP contribution is 2.48. The smallest absolute Gasteiger partial charge is 0.161 e. The predicted molar refractivity (Wildman–Crippen MR) is 138 cm³/mol. The number of hydrogen-bond acceptors (Lipinski definition) is 1. The molecule has 3 nitrogen and oxygen atoms in total. The van der Waals surface area contributed by atoms with Gasteiger partial charge in [-0.25, -0.2) is 9.98 Å². The fourth-order valence-electron chi connectivity index (χ4n) is 4.45. The van der Waals surface area contributed by atoms with Crippen molar-refractivity contribution in [3.63, 3.8) is 0 Å². The third-order valence-electron chi connectivity index (χ3n) is 6.24. The molecule has 4 aromatic rings. The number of rotatable bonds is 3. The van der Waals surface area contributed by atoms with Crippen molar-refractivity contribution < 1.29 is 0 Å². The van der Waals surface area contributed by atoms with E-state index in [0.717, 1.165) is 16.7 Å². The van der Waals surface area contributed by atoms with Gasteiger partial charge in [-0.3, -0.25) is 5.41 Å². The minimum atomic E-state index is -0.108. The number of aliphatic imine (C=N–C) groups is 2. The van der Waals surface area contributed by atoms with Crippen LogP contribution in [0.15, 0.2) is 113 Å². The molecule has 0 spiro atoms. The SMILES string of the molecule is CC1(C)c2ccccc2-c2ccc(C(N=Cc3ccccc3)=NC(=N)c3ccccc3)cc21. The Labute approximate surface area is 194 Å². The Bertz CT molecular complexity index is 1380. The molecule has 4 aromatic carbocycles. The highest BCUT2D eigenvalue weighted by molar-refractivity contribution is 6.13. The van der Waals surface area contributed by atoms with Crippen molar-refractivity contribution in [3.05, 3.63) is 131 Å². The number of hydrogen-bond donors (Lipinski definition) is 1. The molecule has 33 heavy (non-hydrogen) atoms. The van der Waals surface area contributed by atoms with Crippen LogP contribution < -0.4 is 0 Å². The van der Waals surface area contributed by atoms with Gasteiger partial charge in [-0.15, -0.1) is 0 Å². The van der Waals surface area contributed by atoms with Crippen molar-refractivity contribution in [2.75, 3.05) is 0 Å². The third kappa shape index (κ3) is 3.94. The summed E-state index contributed by atoms with van der Waals surface area (Å²) >= 11 is 0. The van der Waals surface area contributed by atoms with Crippen molar-refractivity contribution in [2.45, 2.75) is 19.3 Å². The summed E-state index contributed by atoms with van der Waals surface area (Å²) in [6.07, 6.45) is 1.81. The molecule has 0 aliphatic heterocycles. The van der Waals surface area contributed by atoms with Crippen LogP contribution in [0.2, 0.25) is 0 Å². The Morgan fingerprint density at radius 3 is 2.09 bits per heavy atom. The Hall–Kier alpha value is -4.11. The van der Waals surface area contributed by atoms with Crippen LogP contribution in [-0.2, 0) is 5.41 Å². The lowest BCUT2D eigenvalue weighted by molar-refractivity contribution is 0.660. The van der Waals surface area contributed by atoms with Crippen LogP contribution in [0.3, 0.4) is 0 Å². The first-order valence-electron chi connectivity index (χ1n) is 11.1. The zero-order valence-corrected chi connectivity index (χ0v) is 18.8. The van der Waals surface area contributed by atoms with Gasteiger partial charge >= 0.3 is 0 Å². The van der Waals surface area contributed by atoms with Crippen molar-refractivity contribution in [3.8, 4) is 11.1 Å². The summed E-state index contributed by atoms with van der Waals surface area (Å²) in [7, 11) is 0. The molecule has 0 saturated carbocycles. The molecule has 0 saturated heterocycles. The van der Waals surface area contributed by atoms with E-state index in [4.69, 9.17) is 10.4 Å². The van der Waals surface area contributed by atoms with Crippen LogP contribution >= 0.6 is 0 Å². The lowest BCUT2D eigenvalue weighted by Gasteiger charge is -2.21. The molecule has 0 fully saturated rings. The fourth-order valence-corrected chi connectivity index (χ4v) is 4.45. The van der Waals surface area contributed by atoms with E-state index in [0.29, 0.717) is 5.84 Å². The van der Waals surface area contributed by atoms with Gasteiger partial charge in [0.1, 0.15) is 0 Å². The normalized spacial score (nSPS) is 14.2. The second kappa shape index (κ2) is 8.44. The molecular formula is C30H25N3. The molecule has 3 heteroatoms. The average Bonchev–Trinajstić information content (AvgIpc) is 3.09. The van der Waals surface area contributed by atoms with E-state index in [2.05, 4.69) is 61.3 Å². The van der Waals surface area contributed by atoms with Crippen LogP contribution in [0.5, 0.6) is 0 Å². The molecule has 0 heterocycles. The molecular weight excluding hydrogens is 402 g/mol. The molecule has 0 unspecified atom stereocenters. The number of fused-ring (bicyclic) bond motifs is 3. The zero-order chi connectivity index (χ0) is 22.8. The van der Waals surface area contributed by atoms with E-state index in [-0.39, 0.29) is 11.3 Å². The van der Waals surface area contributed by atoms with Gasteiger partial charge in [-0.2, -0.15) is 0 Å². The largest absolute Gasteiger partial charge is 0.282 e. The molecule has 5 rings (SSSR count). The van der Waals surface area contributed by atoms with Gasteiger partial charge in [0.25, 0.3) is 0 Å². The maximum Gasteiger partial charge on any atom is 0.161 e. The van der Waals surface area contributed by atoms with E-state index in [1.165, 1.54) is 22.3 Å². The van der Waals surface area contributed by atoms with Crippen LogP contribution in [0.25, 0.3) is 11.1 Å². The van der Waals surface area contributed by atoms with Crippen LogP contribution in [0.4, 0.5) is 0 Å². The lowest BCUT2D eigenvalue weighted by atomic mass is 9.82. The second-order valence-electron chi connectivity index (χ2n) is 8.75. The van der Waals surface area contributed by atoms with E-state index in [9.17, 15) is 0 Å². The van der Waals surface area contributed by atoms with Gasteiger partial charge in [0.15, 0.2) is 11.7 Å². The number of benzene rings is 4. The molecule has 1 aliphatic carbocycles. The van der Waals surface area contributed by atoms with Crippen molar-refractivity contribution in [2.24, 2.45) is 9.98 Å². The first-order valence-corrected chi connectivity index (χ1v) is 11.1. The van der Waals surface area contributed by atoms with Crippen molar-refractivity contribution in [1.29, 1.82) is 5.41 Å². The Kier molecular flexibility index (Phi) is 5.31. The van der Waals surface area contributed by atoms with Gasteiger partial charge in [0, 0.05) is 22.8 Å². The molecule has 1 N–H and O–H groups in total. The van der Waals surface area contributed by atoms with E-state index in [1.54, 1.807) is 0 Å². The predicted octanol–water partition coefficient (Wildman–Crippen LogP) is 6.88. The third-order valence-corrected chi connectivity index (χ3v) is 6.24. The molecule has 0 aromatic heterocycles. The minimum Gasteiger partial charge on any atom is -0.282 e. The Morgan fingerprint density at radius 2 is 1.33 bits per heavy atom. The summed E-state index contributed by atoms with van der Waals surface area (Å²) in [5.41, 5.74) is 7.68. The number of amidine groups is 2. The summed E-state index contributed by atoms with van der Waals surface area (Å²) in [5.74, 6) is 0.723. The van der Waals surface area contributed by atoms with Gasteiger partial charge in [0.05, 0.1) is 0 Å². The maximum atomic E-state index is 8.57. The quantitative estimate of drug-likeness (QED) is 0.274. The summed E-state index contributed by atoms with van der Waals surface area (Å²) < 4.78 is 0. The monoisotopic (exact) mass is 427 g/mol. The summed E-state index contributed by atoms with van der Waals surface area (Å²) in [6.45, 7) is 4.52. The summed E-state index contributed by atoms with van der Waals surface area (Å²) in [6, 6.07) is 34.6. The second-order valence-corrected chi connectivity index (χ2v) is 8.75. The Morgan fingerprint density at radius 1 is 0.697 bits per heavy atom. The first kappa shape index (κ1) is 20.8. The van der Waals surface area contributed by atoms with E-state index in [1.807, 2.05) is 66.9 Å². The minimum absolute atomic E-state index is 0.108. The van der Waals surface area contributed by atoms with Gasteiger partial charge in [-0.05, 0) is 33.9 Å². The summed E-state index contributed by atoms with van der Waals surface area (Å²) in [4.78, 5) is 9.39. The van der Waals surface area contributed by atoms with E-state index < -0.39 is 0 Å². The van der Waals surface area contributed by atoms with Crippen LogP contribution in [-0.4, -0.2) is 17.9 Å². The van der Waals surface area contributed by atoms with Crippen LogP contribution in [0.1, 0.15) is 41.7 Å². The number of nitrogens with zero attached hydrogens (tertiary/aromatic N) is 2. The molecule has 0 amide bonds. The average molecular weight is 428 g/mol.